The van der Waals surface area contributed by atoms with E-state index < -0.39 is 17.6 Å². The molecule has 0 saturated carbocycles. The molecule has 0 atom stereocenters. The summed E-state index contributed by atoms with van der Waals surface area (Å²) in [6, 6.07) is 0.839. The highest BCUT2D eigenvalue weighted by Gasteiger charge is 2.33. The quantitative estimate of drug-likeness (QED) is 0.620. The Morgan fingerprint density at radius 2 is 2.00 bits per heavy atom. The predicted octanol–water partition coefficient (Wildman–Crippen LogP) is 1.97. The molecular formula is C6H5F3N2S. The van der Waals surface area contributed by atoms with Crippen molar-refractivity contribution in [2.75, 3.05) is 5.73 Å². The van der Waals surface area contributed by atoms with E-state index in [0.717, 1.165) is 12.3 Å². The molecule has 0 unspecified atom stereocenters. The van der Waals surface area contributed by atoms with Gasteiger partial charge in [-0.3, -0.25) is 0 Å². The van der Waals surface area contributed by atoms with Gasteiger partial charge in [-0.15, -0.1) is 12.6 Å². The SMILES string of the molecule is Nc1ncc(S)cc1C(F)(F)F. The molecule has 0 saturated heterocycles. The largest absolute Gasteiger partial charge is 0.419 e. The average molecular weight is 194 g/mol. The van der Waals surface area contributed by atoms with E-state index in [4.69, 9.17) is 5.73 Å². The zero-order valence-corrected chi connectivity index (χ0v) is 6.65. The number of nitrogen functional groups attached to an aromatic ring is 1. The van der Waals surface area contributed by atoms with E-state index >= 15 is 0 Å². The van der Waals surface area contributed by atoms with Crippen molar-refractivity contribution in [1.29, 1.82) is 0 Å². The lowest BCUT2D eigenvalue weighted by Gasteiger charge is -2.08. The fourth-order valence-corrected chi connectivity index (χ4v) is 0.878. The maximum Gasteiger partial charge on any atom is 0.419 e. The van der Waals surface area contributed by atoms with Crippen LogP contribution in [0.5, 0.6) is 0 Å². The van der Waals surface area contributed by atoms with Gasteiger partial charge < -0.3 is 5.73 Å². The Morgan fingerprint density at radius 3 is 2.42 bits per heavy atom. The van der Waals surface area contributed by atoms with Crippen molar-refractivity contribution in [3.63, 3.8) is 0 Å². The first-order valence-corrected chi connectivity index (χ1v) is 3.37. The molecule has 0 radical (unpaired) electrons. The second-order valence-electron chi connectivity index (χ2n) is 2.12. The number of nitrogens with two attached hydrogens (primary N) is 1. The minimum atomic E-state index is -4.46. The first-order valence-electron chi connectivity index (χ1n) is 2.93. The lowest BCUT2D eigenvalue weighted by atomic mass is 10.2. The molecule has 0 aromatic carbocycles. The summed E-state index contributed by atoms with van der Waals surface area (Å²) in [5.41, 5.74) is 4.06. The number of thiol groups is 1. The summed E-state index contributed by atoms with van der Waals surface area (Å²) in [7, 11) is 0. The van der Waals surface area contributed by atoms with Crippen molar-refractivity contribution in [2.24, 2.45) is 0 Å². The summed E-state index contributed by atoms with van der Waals surface area (Å²) in [5.74, 6) is -0.527. The Balaban J connectivity index is 3.23. The average Bonchev–Trinajstić information content (AvgIpc) is 1.92. The van der Waals surface area contributed by atoms with Crippen LogP contribution >= 0.6 is 12.6 Å². The summed E-state index contributed by atoms with van der Waals surface area (Å²) < 4.78 is 36.2. The number of pyridine rings is 1. The normalized spacial score (nSPS) is 11.7. The molecule has 12 heavy (non-hydrogen) atoms. The third-order valence-electron chi connectivity index (χ3n) is 1.21. The zero-order valence-electron chi connectivity index (χ0n) is 5.76. The molecular weight excluding hydrogens is 189 g/mol. The molecule has 0 aliphatic heterocycles. The number of rotatable bonds is 0. The van der Waals surface area contributed by atoms with Gasteiger partial charge in [0.15, 0.2) is 0 Å². The van der Waals surface area contributed by atoms with E-state index in [1.165, 1.54) is 0 Å². The first kappa shape index (κ1) is 9.18. The lowest BCUT2D eigenvalue weighted by molar-refractivity contribution is -0.137. The van der Waals surface area contributed by atoms with Gasteiger partial charge in [-0.2, -0.15) is 13.2 Å². The monoisotopic (exact) mass is 194 g/mol. The Kier molecular flexibility index (Phi) is 2.18. The molecule has 0 aliphatic carbocycles. The van der Waals surface area contributed by atoms with Crippen LogP contribution in [0.1, 0.15) is 5.56 Å². The van der Waals surface area contributed by atoms with Gasteiger partial charge >= 0.3 is 6.18 Å². The second kappa shape index (κ2) is 2.85. The highest BCUT2D eigenvalue weighted by Crippen LogP contribution is 2.33. The van der Waals surface area contributed by atoms with E-state index in [9.17, 15) is 13.2 Å². The minimum absolute atomic E-state index is 0.136. The van der Waals surface area contributed by atoms with Crippen molar-refractivity contribution >= 4 is 18.4 Å². The van der Waals surface area contributed by atoms with Gasteiger partial charge in [0.2, 0.25) is 0 Å². The topological polar surface area (TPSA) is 38.9 Å². The van der Waals surface area contributed by atoms with Gasteiger partial charge in [0.1, 0.15) is 5.82 Å². The Labute approximate surface area is 72.0 Å². The van der Waals surface area contributed by atoms with Crippen LogP contribution in [0.4, 0.5) is 19.0 Å². The number of hydrogen-bond donors (Lipinski definition) is 2. The number of halogens is 3. The molecule has 0 bridgehead atoms. The van der Waals surface area contributed by atoms with Gasteiger partial charge in [-0.1, -0.05) is 0 Å². The van der Waals surface area contributed by atoms with Crippen molar-refractivity contribution in [1.82, 2.24) is 4.98 Å². The zero-order chi connectivity index (χ0) is 9.35. The van der Waals surface area contributed by atoms with Gasteiger partial charge in [0.05, 0.1) is 5.56 Å². The smallest absolute Gasteiger partial charge is 0.383 e. The van der Waals surface area contributed by atoms with Gasteiger partial charge in [0, 0.05) is 11.1 Å². The van der Waals surface area contributed by atoms with Crippen LogP contribution < -0.4 is 5.73 Å². The summed E-state index contributed by atoms with van der Waals surface area (Å²) in [4.78, 5) is 3.46. The standard InChI is InChI=1S/C6H5F3N2S/c7-6(8,9)4-1-3(12)2-11-5(4)10/h1-2,12H,(H2,10,11). The number of nitrogens with zero attached hydrogens (tertiary/aromatic N) is 1. The highest BCUT2D eigenvalue weighted by atomic mass is 32.1. The Morgan fingerprint density at radius 1 is 1.42 bits per heavy atom. The maximum absolute atomic E-state index is 12.1. The van der Waals surface area contributed by atoms with E-state index in [-0.39, 0.29) is 4.90 Å². The van der Waals surface area contributed by atoms with Crippen molar-refractivity contribution in [2.45, 2.75) is 11.1 Å². The predicted molar refractivity (Wildman–Crippen MR) is 40.9 cm³/mol. The van der Waals surface area contributed by atoms with Crippen LogP contribution in [0, 0.1) is 0 Å². The molecule has 0 spiro atoms. The summed E-state index contributed by atoms with van der Waals surface area (Å²) in [6.45, 7) is 0. The summed E-state index contributed by atoms with van der Waals surface area (Å²) in [6.07, 6.45) is -3.30. The van der Waals surface area contributed by atoms with Crippen LogP contribution in [0.15, 0.2) is 17.2 Å². The fourth-order valence-electron chi connectivity index (χ4n) is 0.691. The van der Waals surface area contributed by atoms with E-state index in [1.807, 2.05) is 0 Å². The van der Waals surface area contributed by atoms with Crippen molar-refractivity contribution < 1.29 is 13.2 Å². The molecule has 0 aliphatic rings. The number of aromatic nitrogens is 1. The van der Waals surface area contributed by atoms with Gasteiger partial charge in [0.25, 0.3) is 0 Å². The molecule has 1 aromatic heterocycles. The Hall–Kier alpha value is -0.910. The van der Waals surface area contributed by atoms with Crippen molar-refractivity contribution in [3.05, 3.63) is 17.8 Å². The van der Waals surface area contributed by atoms with Gasteiger partial charge in [-0.25, -0.2) is 4.98 Å². The summed E-state index contributed by atoms with van der Waals surface area (Å²) >= 11 is 3.72. The second-order valence-corrected chi connectivity index (χ2v) is 2.64. The molecule has 2 nitrogen and oxygen atoms in total. The molecule has 0 fully saturated rings. The van der Waals surface area contributed by atoms with Crippen LogP contribution in [-0.2, 0) is 6.18 Å². The molecule has 66 valence electrons. The van der Waals surface area contributed by atoms with E-state index in [0.29, 0.717) is 0 Å². The maximum atomic E-state index is 12.1. The first-order chi connectivity index (χ1) is 5.41. The van der Waals surface area contributed by atoms with Crippen molar-refractivity contribution in [3.8, 4) is 0 Å². The molecule has 1 rings (SSSR count). The van der Waals surface area contributed by atoms with E-state index in [1.54, 1.807) is 0 Å². The molecule has 1 heterocycles. The lowest BCUT2D eigenvalue weighted by Crippen LogP contribution is -2.10. The number of alkyl halides is 3. The molecule has 2 N–H and O–H groups in total. The Bertz CT molecular complexity index is 297. The molecule has 1 aromatic rings. The third kappa shape index (κ3) is 1.82. The van der Waals surface area contributed by atoms with Gasteiger partial charge in [-0.05, 0) is 6.07 Å². The fraction of sp³-hybridized carbons (Fsp3) is 0.167. The van der Waals surface area contributed by atoms with Crippen LogP contribution in [0.2, 0.25) is 0 Å². The highest BCUT2D eigenvalue weighted by molar-refractivity contribution is 7.80. The van der Waals surface area contributed by atoms with Crippen LogP contribution in [-0.4, -0.2) is 4.98 Å². The van der Waals surface area contributed by atoms with E-state index in [2.05, 4.69) is 17.6 Å². The number of anilines is 1. The van der Waals surface area contributed by atoms with Crippen LogP contribution in [0.25, 0.3) is 0 Å². The molecule has 6 heteroatoms. The summed E-state index contributed by atoms with van der Waals surface area (Å²) in [5, 5.41) is 0. The third-order valence-corrected chi connectivity index (χ3v) is 1.45. The molecule has 0 amide bonds. The minimum Gasteiger partial charge on any atom is -0.383 e. The number of hydrogen-bond acceptors (Lipinski definition) is 3. The van der Waals surface area contributed by atoms with Crippen LogP contribution in [0.3, 0.4) is 0 Å².